The molecule has 33 heavy (non-hydrogen) atoms. The van der Waals surface area contributed by atoms with Crippen LogP contribution in [-0.2, 0) is 16.1 Å². The first kappa shape index (κ1) is 22.0. The molecule has 0 fully saturated rings. The van der Waals surface area contributed by atoms with Crippen LogP contribution < -0.4 is 19.5 Å². The molecule has 3 aromatic carbocycles. The second-order valence-electron chi connectivity index (χ2n) is 7.33. The molecular weight excluding hydrogens is 420 g/mol. The van der Waals surface area contributed by atoms with Crippen molar-refractivity contribution < 1.29 is 23.8 Å². The average molecular weight is 444 g/mol. The number of nitrogens with zero attached hydrogens (tertiary/aromatic N) is 1. The number of ether oxygens (including phenoxy) is 3. The van der Waals surface area contributed by atoms with E-state index in [1.807, 2.05) is 42.5 Å². The normalized spacial score (nSPS) is 13.4. The molecule has 2 amide bonds. The first-order chi connectivity index (χ1) is 16.1. The maximum atomic E-state index is 13.5. The van der Waals surface area contributed by atoms with E-state index in [0.717, 1.165) is 5.56 Å². The number of carbonyl (C=O) groups excluding carboxylic acids is 2. The summed E-state index contributed by atoms with van der Waals surface area (Å²) >= 11 is 0. The van der Waals surface area contributed by atoms with E-state index in [4.69, 9.17) is 14.2 Å². The number of carbonyl (C=O) groups is 2. The van der Waals surface area contributed by atoms with Crippen molar-refractivity contribution in [1.29, 1.82) is 0 Å². The summed E-state index contributed by atoms with van der Waals surface area (Å²) in [6.07, 6.45) is 0. The summed E-state index contributed by atoms with van der Waals surface area (Å²) in [7, 11) is 4.65. The molecule has 7 heteroatoms. The molecule has 0 spiro atoms. The molecule has 0 aliphatic carbocycles. The number of benzene rings is 3. The van der Waals surface area contributed by atoms with Crippen molar-refractivity contribution in [3.05, 3.63) is 89.6 Å². The molecule has 7 nitrogen and oxygen atoms in total. The Morgan fingerprint density at radius 2 is 1.39 bits per heavy atom. The molecule has 0 atom stereocenters. The lowest BCUT2D eigenvalue weighted by Crippen LogP contribution is -2.32. The maximum Gasteiger partial charge on any atom is 0.278 e. The van der Waals surface area contributed by atoms with E-state index in [-0.39, 0.29) is 18.1 Å². The summed E-state index contributed by atoms with van der Waals surface area (Å²) in [5, 5.41) is 3.14. The van der Waals surface area contributed by atoms with Crippen molar-refractivity contribution in [2.24, 2.45) is 0 Å². The quantitative estimate of drug-likeness (QED) is 0.527. The Balaban J connectivity index is 1.72. The number of hydrogen-bond acceptors (Lipinski definition) is 6. The molecule has 0 saturated carbocycles. The van der Waals surface area contributed by atoms with Crippen molar-refractivity contribution >= 4 is 23.1 Å². The van der Waals surface area contributed by atoms with Crippen LogP contribution in [0.15, 0.2) is 78.5 Å². The highest BCUT2D eigenvalue weighted by Gasteiger charge is 2.39. The second kappa shape index (κ2) is 9.48. The van der Waals surface area contributed by atoms with Gasteiger partial charge in [-0.1, -0.05) is 48.5 Å². The Labute approximate surface area is 192 Å². The predicted molar refractivity (Wildman–Crippen MR) is 125 cm³/mol. The SMILES string of the molecule is COc1ccccc1NC1=C(c2ccccc2)C(=O)N(Cc2ccc(OC)c(OC)c2)C1=O. The van der Waals surface area contributed by atoms with Gasteiger partial charge in [-0.05, 0) is 35.4 Å². The molecule has 0 radical (unpaired) electrons. The fourth-order valence-electron chi connectivity index (χ4n) is 3.75. The number of anilines is 1. The van der Waals surface area contributed by atoms with Crippen LogP contribution in [-0.4, -0.2) is 38.0 Å². The van der Waals surface area contributed by atoms with Crippen LogP contribution in [0.1, 0.15) is 11.1 Å². The lowest BCUT2D eigenvalue weighted by atomic mass is 10.0. The molecule has 168 valence electrons. The van der Waals surface area contributed by atoms with Crippen LogP contribution in [0.3, 0.4) is 0 Å². The van der Waals surface area contributed by atoms with Gasteiger partial charge in [-0.3, -0.25) is 14.5 Å². The van der Waals surface area contributed by atoms with Gasteiger partial charge in [-0.2, -0.15) is 0 Å². The number of methoxy groups -OCH3 is 3. The molecule has 1 N–H and O–H groups in total. The number of imide groups is 1. The third kappa shape index (κ3) is 4.25. The first-order valence-electron chi connectivity index (χ1n) is 10.3. The van der Waals surface area contributed by atoms with Gasteiger partial charge in [0.15, 0.2) is 11.5 Å². The van der Waals surface area contributed by atoms with E-state index < -0.39 is 5.91 Å². The van der Waals surface area contributed by atoms with Crippen LogP contribution in [0, 0.1) is 0 Å². The predicted octanol–water partition coefficient (Wildman–Crippen LogP) is 4.10. The minimum Gasteiger partial charge on any atom is -0.495 e. The molecule has 4 rings (SSSR count). The molecule has 0 saturated heterocycles. The topological polar surface area (TPSA) is 77.1 Å². The Morgan fingerprint density at radius 3 is 2.09 bits per heavy atom. The molecule has 3 aromatic rings. The summed E-state index contributed by atoms with van der Waals surface area (Å²) in [4.78, 5) is 28.2. The number of para-hydroxylation sites is 2. The Morgan fingerprint density at radius 1 is 0.727 bits per heavy atom. The number of hydrogen-bond donors (Lipinski definition) is 1. The van der Waals surface area contributed by atoms with E-state index in [0.29, 0.717) is 34.1 Å². The Kier molecular flexibility index (Phi) is 6.31. The molecule has 0 unspecified atom stereocenters. The van der Waals surface area contributed by atoms with Crippen LogP contribution >= 0.6 is 0 Å². The molecule has 0 aromatic heterocycles. The zero-order valence-corrected chi connectivity index (χ0v) is 18.6. The van der Waals surface area contributed by atoms with E-state index in [1.54, 1.807) is 44.6 Å². The van der Waals surface area contributed by atoms with E-state index >= 15 is 0 Å². The zero-order chi connectivity index (χ0) is 23.4. The van der Waals surface area contributed by atoms with Crippen molar-refractivity contribution in [3.8, 4) is 17.2 Å². The van der Waals surface area contributed by atoms with Gasteiger partial charge in [0.1, 0.15) is 11.4 Å². The first-order valence-corrected chi connectivity index (χ1v) is 10.3. The van der Waals surface area contributed by atoms with Gasteiger partial charge >= 0.3 is 0 Å². The van der Waals surface area contributed by atoms with Crippen LogP contribution in [0.5, 0.6) is 17.2 Å². The highest BCUT2D eigenvalue weighted by molar-refractivity contribution is 6.36. The van der Waals surface area contributed by atoms with Gasteiger partial charge < -0.3 is 19.5 Å². The fraction of sp³-hybridized carbons (Fsp3) is 0.154. The van der Waals surface area contributed by atoms with Crippen molar-refractivity contribution in [1.82, 2.24) is 4.90 Å². The van der Waals surface area contributed by atoms with Gasteiger partial charge in [-0.25, -0.2) is 0 Å². The van der Waals surface area contributed by atoms with E-state index in [2.05, 4.69) is 5.32 Å². The lowest BCUT2D eigenvalue weighted by molar-refractivity contribution is -0.137. The van der Waals surface area contributed by atoms with Crippen LogP contribution in [0.4, 0.5) is 5.69 Å². The molecule has 1 aliphatic rings. The number of rotatable bonds is 8. The van der Waals surface area contributed by atoms with Gasteiger partial charge in [0, 0.05) is 0 Å². The maximum absolute atomic E-state index is 13.5. The highest BCUT2D eigenvalue weighted by Crippen LogP contribution is 2.35. The molecule has 1 heterocycles. The zero-order valence-electron chi connectivity index (χ0n) is 18.6. The van der Waals surface area contributed by atoms with Crippen molar-refractivity contribution in [2.45, 2.75) is 6.54 Å². The summed E-state index contributed by atoms with van der Waals surface area (Å²) in [5.41, 5.74) is 2.50. The van der Waals surface area contributed by atoms with Gasteiger partial charge in [0.05, 0.1) is 39.1 Å². The largest absolute Gasteiger partial charge is 0.495 e. The summed E-state index contributed by atoms with van der Waals surface area (Å²) < 4.78 is 16.0. The Hall–Kier alpha value is -4.26. The van der Waals surface area contributed by atoms with E-state index in [1.165, 1.54) is 12.0 Å². The van der Waals surface area contributed by atoms with Gasteiger partial charge in [-0.15, -0.1) is 0 Å². The highest BCUT2D eigenvalue weighted by atomic mass is 16.5. The Bertz CT molecular complexity index is 1220. The minimum absolute atomic E-state index is 0.0887. The fourth-order valence-corrected chi connectivity index (χ4v) is 3.75. The van der Waals surface area contributed by atoms with Crippen molar-refractivity contribution in [3.63, 3.8) is 0 Å². The molecular formula is C26H24N2O5. The number of nitrogens with one attached hydrogen (secondary N) is 1. The van der Waals surface area contributed by atoms with Crippen LogP contribution in [0.2, 0.25) is 0 Å². The summed E-state index contributed by atoms with van der Waals surface area (Å²) in [6.45, 7) is 0.0887. The smallest absolute Gasteiger partial charge is 0.278 e. The second-order valence-corrected chi connectivity index (χ2v) is 7.33. The van der Waals surface area contributed by atoms with Gasteiger partial charge in [0.25, 0.3) is 11.8 Å². The third-order valence-corrected chi connectivity index (χ3v) is 5.39. The minimum atomic E-state index is -0.417. The standard InChI is InChI=1S/C26H24N2O5/c1-31-20-12-8-7-11-19(20)27-24-23(18-9-5-4-6-10-18)25(29)28(26(24)30)16-17-13-14-21(32-2)22(15-17)33-3/h4-15,27H,16H2,1-3H3. The average Bonchev–Trinajstić information content (AvgIpc) is 3.08. The monoisotopic (exact) mass is 444 g/mol. The van der Waals surface area contributed by atoms with Crippen LogP contribution in [0.25, 0.3) is 5.57 Å². The summed E-state index contributed by atoms with van der Waals surface area (Å²) in [6, 6.07) is 21.7. The van der Waals surface area contributed by atoms with Crippen molar-refractivity contribution in [2.75, 3.05) is 26.6 Å². The van der Waals surface area contributed by atoms with E-state index in [9.17, 15) is 9.59 Å². The van der Waals surface area contributed by atoms with Gasteiger partial charge in [0.2, 0.25) is 0 Å². The lowest BCUT2D eigenvalue weighted by Gasteiger charge is -2.17. The molecule has 0 bridgehead atoms. The number of amides is 2. The summed E-state index contributed by atoms with van der Waals surface area (Å²) in [5.74, 6) is 0.869. The molecule has 1 aliphatic heterocycles. The third-order valence-electron chi connectivity index (χ3n) is 5.39.